The van der Waals surface area contributed by atoms with Crippen molar-refractivity contribution in [3.05, 3.63) is 40.6 Å². The molecule has 0 saturated carbocycles. The molecule has 1 aromatic heterocycles. The minimum absolute atomic E-state index is 0.0704. The molecule has 0 atom stereocenters. The van der Waals surface area contributed by atoms with Crippen molar-refractivity contribution in [2.24, 2.45) is 0 Å². The molecular weight excluding hydrogens is 323 g/mol. The summed E-state index contributed by atoms with van der Waals surface area (Å²) in [5.74, 6) is 0.922. The van der Waals surface area contributed by atoms with Crippen LogP contribution in [0.25, 0.3) is 11.3 Å². The Morgan fingerprint density at radius 1 is 1.35 bits per heavy atom. The number of nitrogens with one attached hydrogen (secondary N) is 1. The van der Waals surface area contributed by atoms with Crippen LogP contribution in [0.4, 0.5) is 4.39 Å². The van der Waals surface area contributed by atoms with Gasteiger partial charge in [0.1, 0.15) is 5.82 Å². The molecule has 1 aromatic carbocycles. The lowest BCUT2D eigenvalue weighted by Crippen LogP contribution is -2.37. The molecular formula is C15H18BrFN2O. The van der Waals surface area contributed by atoms with Crippen LogP contribution in [-0.2, 0) is 6.42 Å². The van der Waals surface area contributed by atoms with Gasteiger partial charge in [0, 0.05) is 28.5 Å². The fraction of sp³-hybridized carbons (Fsp3) is 0.400. The lowest BCUT2D eigenvalue weighted by molar-refractivity contribution is 0.411. The Morgan fingerprint density at radius 3 is 2.80 bits per heavy atom. The van der Waals surface area contributed by atoms with Gasteiger partial charge in [-0.05, 0) is 39.0 Å². The standard InChI is InChI=1S/C15H18BrFN2O/c1-15(2,3)19-7-6-14-18-9-13(20-14)11-8-10(17)4-5-12(11)16/h4-5,8-9,19H,6-7H2,1-3H3. The van der Waals surface area contributed by atoms with Gasteiger partial charge in [-0.3, -0.25) is 0 Å². The summed E-state index contributed by atoms with van der Waals surface area (Å²) < 4.78 is 19.7. The molecule has 2 aromatic rings. The molecule has 2 rings (SSSR count). The van der Waals surface area contributed by atoms with Gasteiger partial charge in [0.25, 0.3) is 0 Å². The summed E-state index contributed by atoms with van der Waals surface area (Å²) in [6, 6.07) is 4.49. The third-order valence-electron chi connectivity index (χ3n) is 2.74. The highest BCUT2D eigenvalue weighted by molar-refractivity contribution is 9.10. The predicted molar refractivity (Wildman–Crippen MR) is 81.1 cm³/mol. The third-order valence-corrected chi connectivity index (χ3v) is 3.43. The highest BCUT2D eigenvalue weighted by Crippen LogP contribution is 2.29. The van der Waals surface area contributed by atoms with Gasteiger partial charge in [0.15, 0.2) is 11.7 Å². The summed E-state index contributed by atoms with van der Waals surface area (Å²) in [6.45, 7) is 7.11. The molecule has 0 unspecified atom stereocenters. The first-order valence-corrected chi connectivity index (χ1v) is 7.29. The second kappa shape index (κ2) is 6.06. The highest BCUT2D eigenvalue weighted by atomic mass is 79.9. The van der Waals surface area contributed by atoms with Crippen molar-refractivity contribution < 1.29 is 8.81 Å². The first-order valence-electron chi connectivity index (χ1n) is 6.50. The number of hydrogen-bond acceptors (Lipinski definition) is 3. The summed E-state index contributed by atoms with van der Waals surface area (Å²) in [4.78, 5) is 4.23. The molecule has 0 fully saturated rings. The Balaban J connectivity index is 2.07. The van der Waals surface area contributed by atoms with Crippen LogP contribution in [0.3, 0.4) is 0 Å². The number of benzene rings is 1. The molecule has 5 heteroatoms. The van der Waals surface area contributed by atoms with E-state index in [-0.39, 0.29) is 11.4 Å². The number of hydrogen-bond donors (Lipinski definition) is 1. The Bertz CT molecular complexity index is 590. The first kappa shape index (κ1) is 15.2. The van der Waals surface area contributed by atoms with Crippen molar-refractivity contribution in [2.75, 3.05) is 6.54 Å². The van der Waals surface area contributed by atoms with Crippen LogP contribution in [0, 0.1) is 5.82 Å². The fourth-order valence-corrected chi connectivity index (χ4v) is 2.22. The van der Waals surface area contributed by atoms with Gasteiger partial charge in [-0.25, -0.2) is 9.37 Å². The van der Waals surface area contributed by atoms with Crippen molar-refractivity contribution >= 4 is 15.9 Å². The zero-order chi connectivity index (χ0) is 14.8. The van der Waals surface area contributed by atoms with Crippen LogP contribution >= 0.6 is 15.9 Å². The minimum Gasteiger partial charge on any atom is -0.441 e. The molecule has 0 aliphatic carbocycles. The monoisotopic (exact) mass is 340 g/mol. The molecule has 0 radical (unpaired) electrons. The molecule has 0 spiro atoms. The number of halogens is 2. The van der Waals surface area contributed by atoms with E-state index >= 15 is 0 Å². The van der Waals surface area contributed by atoms with Gasteiger partial charge in [-0.15, -0.1) is 0 Å². The summed E-state index contributed by atoms with van der Waals surface area (Å²) in [7, 11) is 0. The van der Waals surface area contributed by atoms with Crippen LogP contribution in [0.1, 0.15) is 26.7 Å². The molecule has 108 valence electrons. The van der Waals surface area contributed by atoms with E-state index in [4.69, 9.17) is 4.42 Å². The number of aromatic nitrogens is 1. The van der Waals surface area contributed by atoms with E-state index < -0.39 is 0 Å². The van der Waals surface area contributed by atoms with Gasteiger partial charge in [-0.2, -0.15) is 0 Å². The Labute approximate surface area is 126 Å². The molecule has 0 bridgehead atoms. The second-order valence-electron chi connectivity index (χ2n) is 5.67. The van der Waals surface area contributed by atoms with E-state index in [1.54, 1.807) is 12.3 Å². The van der Waals surface area contributed by atoms with Crippen LogP contribution < -0.4 is 5.32 Å². The van der Waals surface area contributed by atoms with Gasteiger partial charge in [0.2, 0.25) is 0 Å². The summed E-state index contributed by atoms with van der Waals surface area (Å²) in [5.41, 5.74) is 0.744. The van der Waals surface area contributed by atoms with Gasteiger partial charge < -0.3 is 9.73 Å². The predicted octanol–water partition coefficient (Wildman–Crippen LogP) is 4.17. The van der Waals surface area contributed by atoms with Gasteiger partial charge in [-0.1, -0.05) is 15.9 Å². The van der Waals surface area contributed by atoms with Crippen molar-refractivity contribution in [1.29, 1.82) is 0 Å². The van der Waals surface area contributed by atoms with Crippen molar-refractivity contribution in [2.45, 2.75) is 32.7 Å². The maximum Gasteiger partial charge on any atom is 0.196 e. The van der Waals surface area contributed by atoms with E-state index in [2.05, 4.69) is 47.0 Å². The number of rotatable bonds is 4. The average molecular weight is 341 g/mol. The van der Waals surface area contributed by atoms with Crippen molar-refractivity contribution in [3.63, 3.8) is 0 Å². The van der Waals surface area contributed by atoms with Crippen molar-refractivity contribution in [1.82, 2.24) is 10.3 Å². The quantitative estimate of drug-likeness (QED) is 0.907. The maximum atomic E-state index is 13.3. The normalized spacial score (nSPS) is 11.8. The van der Waals surface area contributed by atoms with Crippen LogP contribution in [0.15, 0.2) is 33.3 Å². The molecule has 0 saturated heterocycles. The molecule has 0 aliphatic heterocycles. The molecule has 0 amide bonds. The van der Waals surface area contributed by atoms with Crippen LogP contribution in [0.5, 0.6) is 0 Å². The SMILES string of the molecule is CC(C)(C)NCCc1ncc(-c2cc(F)ccc2Br)o1. The number of oxazole rings is 1. The zero-order valence-electron chi connectivity index (χ0n) is 11.8. The molecule has 1 N–H and O–H groups in total. The van der Waals surface area contributed by atoms with Gasteiger partial charge in [0.05, 0.1) is 6.20 Å². The average Bonchev–Trinajstić information content (AvgIpc) is 2.79. The third kappa shape index (κ3) is 4.15. The van der Waals surface area contributed by atoms with Crippen LogP contribution in [0.2, 0.25) is 0 Å². The first-order chi connectivity index (χ1) is 9.35. The lowest BCUT2D eigenvalue weighted by atomic mass is 10.1. The summed E-state index contributed by atoms with van der Waals surface area (Å²) in [6.07, 6.45) is 2.33. The van der Waals surface area contributed by atoms with Gasteiger partial charge >= 0.3 is 0 Å². The summed E-state index contributed by atoms with van der Waals surface area (Å²) >= 11 is 3.39. The molecule has 20 heavy (non-hydrogen) atoms. The summed E-state index contributed by atoms with van der Waals surface area (Å²) in [5, 5.41) is 3.37. The van der Waals surface area contributed by atoms with E-state index in [9.17, 15) is 4.39 Å². The zero-order valence-corrected chi connectivity index (χ0v) is 13.4. The fourth-order valence-electron chi connectivity index (χ4n) is 1.78. The number of nitrogens with zero attached hydrogens (tertiary/aromatic N) is 1. The molecule has 3 nitrogen and oxygen atoms in total. The second-order valence-corrected chi connectivity index (χ2v) is 6.52. The maximum absolute atomic E-state index is 13.3. The molecule has 1 heterocycles. The van der Waals surface area contributed by atoms with E-state index in [1.165, 1.54) is 12.1 Å². The van der Waals surface area contributed by atoms with Crippen LogP contribution in [-0.4, -0.2) is 17.1 Å². The highest BCUT2D eigenvalue weighted by Gasteiger charge is 2.12. The Kier molecular flexibility index (Phi) is 4.60. The lowest BCUT2D eigenvalue weighted by Gasteiger charge is -2.19. The Morgan fingerprint density at radius 2 is 2.10 bits per heavy atom. The van der Waals surface area contributed by atoms with E-state index in [1.807, 2.05) is 0 Å². The Hall–Kier alpha value is -1.20. The van der Waals surface area contributed by atoms with Crippen molar-refractivity contribution in [3.8, 4) is 11.3 Å². The smallest absolute Gasteiger partial charge is 0.196 e. The topological polar surface area (TPSA) is 38.1 Å². The van der Waals surface area contributed by atoms with E-state index in [0.717, 1.165) is 11.0 Å². The van der Waals surface area contributed by atoms with E-state index in [0.29, 0.717) is 23.6 Å². The minimum atomic E-state index is -0.296. The largest absolute Gasteiger partial charge is 0.441 e. The molecule has 0 aliphatic rings.